The smallest absolute Gasteiger partial charge is 0.313 e. The van der Waals surface area contributed by atoms with Gasteiger partial charge in [0.25, 0.3) is 0 Å². The normalized spacial score (nSPS) is 18.7. The van der Waals surface area contributed by atoms with Gasteiger partial charge in [-0.1, -0.05) is 24.3 Å². The van der Waals surface area contributed by atoms with Crippen molar-refractivity contribution in [3.05, 3.63) is 35.4 Å². The van der Waals surface area contributed by atoms with Gasteiger partial charge in [0.1, 0.15) is 0 Å². The van der Waals surface area contributed by atoms with Crippen LogP contribution in [0.15, 0.2) is 24.3 Å². The molecule has 0 saturated carbocycles. The molecule has 3 N–H and O–H groups in total. The van der Waals surface area contributed by atoms with Gasteiger partial charge in [0.15, 0.2) is 0 Å². The van der Waals surface area contributed by atoms with Crippen LogP contribution in [0.2, 0.25) is 0 Å². The molecule has 5 nitrogen and oxygen atoms in total. The summed E-state index contributed by atoms with van der Waals surface area (Å²) >= 11 is 0. The number of benzene rings is 1. The van der Waals surface area contributed by atoms with Gasteiger partial charge in [-0.05, 0) is 36.8 Å². The molecule has 2 atom stereocenters. The Labute approximate surface area is 131 Å². The summed E-state index contributed by atoms with van der Waals surface area (Å²) in [5.41, 5.74) is 7.62. The van der Waals surface area contributed by atoms with Crippen LogP contribution in [-0.4, -0.2) is 37.5 Å². The van der Waals surface area contributed by atoms with Crippen LogP contribution in [0.25, 0.3) is 0 Å². The number of aliphatic hydroxyl groups is 1. The van der Waals surface area contributed by atoms with E-state index in [1.165, 1.54) is 0 Å². The molecule has 1 aromatic rings. The molecular formula is C17H25NO4. The average molecular weight is 307 g/mol. The Morgan fingerprint density at radius 3 is 2.45 bits per heavy atom. The number of esters is 1. The van der Waals surface area contributed by atoms with Crippen molar-refractivity contribution in [1.82, 2.24) is 0 Å². The van der Waals surface area contributed by atoms with Crippen molar-refractivity contribution in [2.24, 2.45) is 11.7 Å². The maximum absolute atomic E-state index is 12.4. The second-order valence-corrected chi connectivity index (χ2v) is 5.64. The lowest BCUT2D eigenvalue weighted by Gasteiger charge is -2.29. The zero-order valence-corrected chi connectivity index (χ0v) is 13.0. The molecule has 0 bridgehead atoms. The monoisotopic (exact) mass is 307 g/mol. The highest BCUT2D eigenvalue weighted by atomic mass is 16.5. The highest BCUT2D eigenvalue weighted by Gasteiger charge is 2.32. The first-order valence-corrected chi connectivity index (χ1v) is 7.88. The van der Waals surface area contributed by atoms with Crippen molar-refractivity contribution in [3.8, 4) is 0 Å². The lowest BCUT2D eigenvalue weighted by atomic mass is 9.81. The quantitative estimate of drug-likeness (QED) is 0.783. The fourth-order valence-corrected chi connectivity index (χ4v) is 2.94. The lowest BCUT2D eigenvalue weighted by Crippen LogP contribution is -2.29. The summed E-state index contributed by atoms with van der Waals surface area (Å²) in [5, 5.41) is 9.12. The molecule has 1 aliphatic rings. The van der Waals surface area contributed by atoms with Gasteiger partial charge in [-0.25, -0.2) is 0 Å². The van der Waals surface area contributed by atoms with Crippen LogP contribution in [0.4, 0.5) is 0 Å². The summed E-state index contributed by atoms with van der Waals surface area (Å²) in [7, 11) is 0. The average Bonchev–Trinajstić information content (AvgIpc) is 2.56. The standard InChI is InChI=1S/C17H25NO4/c1-2-22-17(20)16(14-7-9-21-10-8-14)13-5-3-12(4-6-13)15(18)11-19/h3-6,14-16,19H,2,7-11,18H2,1H3/t15-,16?/m1/s1. The molecule has 2 rings (SSSR count). The second kappa shape index (κ2) is 8.27. The third-order valence-corrected chi connectivity index (χ3v) is 4.20. The van der Waals surface area contributed by atoms with Crippen LogP contribution < -0.4 is 5.73 Å². The van der Waals surface area contributed by atoms with Crippen LogP contribution >= 0.6 is 0 Å². The topological polar surface area (TPSA) is 81.8 Å². The molecule has 0 amide bonds. The molecule has 1 saturated heterocycles. The van der Waals surface area contributed by atoms with Crippen molar-refractivity contribution in [1.29, 1.82) is 0 Å². The number of aliphatic hydroxyl groups excluding tert-OH is 1. The third-order valence-electron chi connectivity index (χ3n) is 4.20. The molecule has 1 unspecified atom stereocenters. The molecule has 0 aliphatic carbocycles. The number of hydrogen-bond donors (Lipinski definition) is 2. The molecule has 1 aromatic carbocycles. The zero-order valence-electron chi connectivity index (χ0n) is 13.0. The molecular weight excluding hydrogens is 282 g/mol. The van der Waals surface area contributed by atoms with Crippen molar-refractivity contribution in [3.63, 3.8) is 0 Å². The minimum absolute atomic E-state index is 0.0966. The highest BCUT2D eigenvalue weighted by Crippen LogP contribution is 2.33. The van der Waals surface area contributed by atoms with E-state index in [2.05, 4.69) is 0 Å². The Morgan fingerprint density at radius 2 is 1.91 bits per heavy atom. The first-order valence-electron chi connectivity index (χ1n) is 7.88. The minimum Gasteiger partial charge on any atom is -0.466 e. The maximum atomic E-state index is 12.4. The lowest BCUT2D eigenvalue weighted by molar-refractivity contribution is -0.147. The Bertz CT molecular complexity index is 468. The Kier molecular flexibility index (Phi) is 6.36. The van der Waals surface area contributed by atoms with Crippen molar-refractivity contribution in [2.45, 2.75) is 31.7 Å². The molecule has 5 heteroatoms. The SMILES string of the molecule is CCOC(=O)C(c1ccc([C@H](N)CO)cc1)C1CCOCC1. The van der Waals surface area contributed by atoms with Crippen LogP contribution in [0, 0.1) is 5.92 Å². The van der Waals surface area contributed by atoms with Gasteiger partial charge in [-0.15, -0.1) is 0 Å². The van der Waals surface area contributed by atoms with Crippen molar-refractivity contribution >= 4 is 5.97 Å². The summed E-state index contributed by atoms with van der Waals surface area (Å²) in [6, 6.07) is 7.20. The predicted octanol–water partition coefficient (Wildman–Crippen LogP) is 1.75. The third kappa shape index (κ3) is 4.06. The van der Waals surface area contributed by atoms with Gasteiger partial charge in [-0.3, -0.25) is 4.79 Å². The minimum atomic E-state index is -0.391. The van der Waals surface area contributed by atoms with E-state index in [0.29, 0.717) is 19.8 Å². The number of hydrogen-bond acceptors (Lipinski definition) is 5. The van der Waals surface area contributed by atoms with Gasteiger partial charge in [-0.2, -0.15) is 0 Å². The van der Waals surface area contributed by atoms with Crippen LogP contribution in [-0.2, 0) is 14.3 Å². The summed E-state index contributed by atoms with van der Waals surface area (Å²) in [5.74, 6) is -0.193. The summed E-state index contributed by atoms with van der Waals surface area (Å²) < 4.78 is 10.7. The number of carbonyl (C=O) groups excluding carboxylic acids is 1. The molecule has 0 spiro atoms. The fourth-order valence-electron chi connectivity index (χ4n) is 2.94. The number of nitrogens with two attached hydrogens (primary N) is 1. The fraction of sp³-hybridized carbons (Fsp3) is 0.588. The van der Waals surface area contributed by atoms with E-state index in [4.69, 9.17) is 20.3 Å². The molecule has 1 heterocycles. The first kappa shape index (κ1) is 16.9. The van der Waals surface area contributed by atoms with Gasteiger partial charge in [0.05, 0.1) is 25.2 Å². The molecule has 22 heavy (non-hydrogen) atoms. The number of ether oxygens (including phenoxy) is 2. The molecule has 0 aromatic heterocycles. The molecule has 0 radical (unpaired) electrons. The van der Waals surface area contributed by atoms with Crippen LogP contribution in [0.3, 0.4) is 0 Å². The molecule has 1 aliphatic heterocycles. The Balaban J connectivity index is 2.21. The van der Waals surface area contributed by atoms with E-state index in [9.17, 15) is 4.79 Å². The van der Waals surface area contributed by atoms with Crippen LogP contribution in [0.5, 0.6) is 0 Å². The van der Waals surface area contributed by atoms with Crippen molar-refractivity contribution < 1.29 is 19.4 Å². The highest BCUT2D eigenvalue weighted by molar-refractivity contribution is 5.78. The Hall–Kier alpha value is -1.43. The summed E-state index contributed by atoms with van der Waals surface area (Å²) in [4.78, 5) is 12.4. The number of rotatable bonds is 6. The first-order chi connectivity index (χ1) is 10.7. The van der Waals surface area contributed by atoms with Crippen LogP contribution in [0.1, 0.15) is 42.9 Å². The van der Waals surface area contributed by atoms with E-state index in [1.807, 2.05) is 31.2 Å². The van der Waals surface area contributed by atoms with E-state index >= 15 is 0 Å². The number of carbonyl (C=O) groups is 1. The van der Waals surface area contributed by atoms with Gasteiger partial charge < -0.3 is 20.3 Å². The van der Waals surface area contributed by atoms with Gasteiger partial charge in [0, 0.05) is 13.2 Å². The predicted molar refractivity (Wildman–Crippen MR) is 83.4 cm³/mol. The van der Waals surface area contributed by atoms with E-state index in [1.54, 1.807) is 0 Å². The van der Waals surface area contributed by atoms with E-state index in [-0.39, 0.29) is 24.4 Å². The van der Waals surface area contributed by atoms with E-state index < -0.39 is 6.04 Å². The van der Waals surface area contributed by atoms with E-state index in [0.717, 1.165) is 24.0 Å². The summed E-state index contributed by atoms with van der Waals surface area (Å²) in [6.45, 7) is 3.48. The molecule has 1 fully saturated rings. The van der Waals surface area contributed by atoms with Gasteiger partial charge >= 0.3 is 5.97 Å². The van der Waals surface area contributed by atoms with Gasteiger partial charge in [0.2, 0.25) is 0 Å². The summed E-state index contributed by atoms with van der Waals surface area (Å²) in [6.07, 6.45) is 1.72. The van der Waals surface area contributed by atoms with Crippen molar-refractivity contribution in [2.75, 3.05) is 26.4 Å². The zero-order chi connectivity index (χ0) is 15.9. The second-order valence-electron chi connectivity index (χ2n) is 5.64. The molecule has 122 valence electrons. The maximum Gasteiger partial charge on any atom is 0.313 e. The largest absolute Gasteiger partial charge is 0.466 e. The Morgan fingerprint density at radius 1 is 1.32 bits per heavy atom.